The van der Waals surface area contributed by atoms with E-state index in [1.807, 2.05) is 0 Å². The third-order valence-corrected chi connectivity index (χ3v) is 3.25. The topological polar surface area (TPSA) is 54.9 Å². The zero-order chi connectivity index (χ0) is 13.0. The van der Waals surface area contributed by atoms with Crippen LogP contribution in [0.4, 0.5) is 4.39 Å². The van der Waals surface area contributed by atoms with E-state index in [4.69, 9.17) is 11.6 Å². The molecule has 18 heavy (non-hydrogen) atoms. The molecule has 1 amide bonds. The predicted octanol–water partition coefficient (Wildman–Crippen LogP) is 2.30. The van der Waals surface area contributed by atoms with E-state index in [-0.39, 0.29) is 21.2 Å². The molecule has 0 unspecified atom stereocenters. The Morgan fingerprint density at radius 3 is 2.83 bits per heavy atom. The number of hydrogen-bond acceptors (Lipinski definition) is 4. The lowest BCUT2D eigenvalue weighted by Gasteiger charge is -2.03. The van der Waals surface area contributed by atoms with Gasteiger partial charge in [0.1, 0.15) is 5.82 Å². The zero-order valence-electron chi connectivity index (χ0n) is 9.19. The summed E-state index contributed by atoms with van der Waals surface area (Å²) in [5, 5.41) is 9.97. The largest absolute Gasteiger partial charge is 0.350 e. The highest BCUT2D eigenvalue weighted by molar-refractivity contribution is 7.17. The SMILES string of the molecule is O=C(NCCc1ccccc1F)c1nnc(Cl)s1. The van der Waals surface area contributed by atoms with Gasteiger partial charge >= 0.3 is 0 Å². The van der Waals surface area contributed by atoms with E-state index in [1.165, 1.54) is 6.07 Å². The van der Waals surface area contributed by atoms with Gasteiger partial charge in [0.25, 0.3) is 5.91 Å². The summed E-state index contributed by atoms with van der Waals surface area (Å²) in [6.45, 7) is 0.330. The fourth-order valence-electron chi connectivity index (χ4n) is 1.38. The van der Waals surface area contributed by atoms with E-state index in [2.05, 4.69) is 15.5 Å². The van der Waals surface area contributed by atoms with Crippen molar-refractivity contribution in [3.8, 4) is 0 Å². The highest BCUT2D eigenvalue weighted by atomic mass is 35.5. The summed E-state index contributed by atoms with van der Waals surface area (Å²) < 4.78 is 13.5. The molecule has 0 fully saturated rings. The van der Waals surface area contributed by atoms with Crippen LogP contribution in [0.5, 0.6) is 0 Å². The van der Waals surface area contributed by atoms with Crippen LogP contribution in [0, 0.1) is 5.82 Å². The van der Waals surface area contributed by atoms with E-state index in [0.717, 1.165) is 11.3 Å². The second kappa shape index (κ2) is 5.88. The summed E-state index contributed by atoms with van der Waals surface area (Å²) in [5.41, 5.74) is 0.563. The number of hydrogen-bond donors (Lipinski definition) is 1. The molecule has 0 saturated carbocycles. The highest BCUT2D eigenvalue weighted by Crippen LogP contribution is 2.14. The fourth-order valence-corrected chi connectivity index (χ4v) is 2.13. The van der Waals surface area contributed by atoms with Gasteiger partial charge in [-0.05, 0) is 29.7 Å². The highest BCUT2D eigenvalue weighted by Gasteiger charge is 2.11. The van der Waals surface area contributed by atoms with Crippen LogP contribution in [-0.4, -0.2) is 22.6 Å². The molecule has 1 heterocycles. The van der Waals surface area contributed by atoms with E-state index in [9.17, 15) is 9.18 Å². The minimum atomic E-state index is -0.351. The number of carbonyl (C=O) groups is 1. The van der Waals surface area contributed by atoms with Crippen molar-refractivity contribution in [2.24, 2.45) is 0 Å². The van der Waals surface area contributed by atoms with Crippen molar-refractivity contribution in [3.63, 3.8) is 0 Å². The van der Waals surface area contributed by atoms with Crippen LogP contribution in [0.15, 0.2) is 24.3 Å². The maximum atomic E-state index is 13.3. The molecule has 0 bridgehead atoms. The molecule has 1 aromatic heterocycles. The van der Waals surface area contributed by atoms with Gasteiger partial charge in [-0.15, -0.1) is 10.2 Å². The van der Waals surface area contributed by atoms with Crippen LogP contribution < -0.4 is 5.32 Å². The average Bonchev–Trinajstić information content (AvgIpc) is 2.78. The Morgan fingerprint density at radius 1 is 1.39 bits per heavy atom. The maximum Gasteiger partial charge on any atom is 0.282 e. The number of nitrogens with zero attached hydrogens (tertiary/aromatic N) is 2. The molecule has 0 aliphatic rings. The van der Waals surface area contributed by atoms with Crippen molar-refractivity contribution in [1.82, 2.24) is 15.5 Å². The number of halogens is 2. The van der Waals surface area contributed by atoms with E-state index in [0.29, 0.717) is 18.5 Å². The van der Waals surface area contributed by atoms with Gasteiger partial charge in [0.2, 0.25) is 9.47 Å². The predicted molar refractivity (Wildman–Crippen MR) is 67.4 cm³/mol. The third-order valence-electron chi connectivity index (χ3n) is 2.23. The van der Waals surface area contributed by atoms with Gasteiger partial charge in [-0.3, -0.25) is 4.79 Å². The first kappa shape index (κ1) is 12.9. The van der Waals surface area contributed by atoms with Crippen molar-refractivity contribution in [1.29, 1.82) is 0 Å². The second-order valence-electron chi connectivity index (χ2n) is 3.46. The summed E-state index contributed by atoms with van der Waals surface area (Å²) in [4.78, 5) is 11.6. The van der Waals surface area contributed by atoms with Gasteiger partial charge in [-0.25, -0.2) is 4.39 Å². The molecule has 0 atom stereocenters. The van der Waals surface area contributed by atoms with E-state index in [1.54, 1.807) is 18.2 Å². The average molecular weight is 286 g/mol. The van der Waals surface area contributed by atoms with Crippen LogP contribution in [0.1, 0.15) is 15.4 Å². The summed E-state index contributed by atoms with van der Waals surface area (Å²) in [6.07, 6.45) is 0.422. The molecule has 0 spiro atoms. The van der Waals surface area contributed by atoms with Crippen molar-refractivity contribution < 1.29 is 9.18 Å². The van der Waals surface area contributed by atoms with Gasteiger partial charge in [0.05, 0.1) is 0 Å². The lowest BCUT2D eigenvalue weighted by molar-refractivity contribution is 0.0953. The quantitative estimate of drug-likeness (QED) is 0.938. The lowest BCUT2D eigenvalue weighted by atomic mass is 10.1. The molecule has 0 radical (unpaired) electrons. The second-order valence-corrected chi connectivity index (χ2v) is 5.02. The Kier molecular flexibility index (Phi) is 4.22. The van der Waals surface area contributed by atoms with Crippen LogP contribution in [0.3, 0.4) is 0 Å². The Bertz CT molecular complexity index is 561. The zero-order valence-corrected chi connectivity index (χ0v) is 10.8. The molecular weight excluding hydrogens is 277 g/mol. The first-order valence-corrected chi connectivity index (χ1v) is 6.37. The van der Waals surface area contributed by atoms with Gasteiger partial charge < -0.3 is 5.32 Å². The van der Waals surface area contributed by atoms with Crippen molar-refractivity contribution in [2.45, 2.75) is 6.42 Å². The molecule has 0 saturated heterocycles. The van der Waals surface area contributed by atoms with E-state index >= 15 is 0 Å². The molecule has 1 aromatic carbocycles. The van der Waals surface area contributed by atoms with Crippen molar-refractivity contribution in [3.05, 3.63) is 45.1 Å². The molecule has 2 rings (SSSR count). The van der Waals surface area contributed by atoms with Gasteiger partial charge in [0, 0.05) is 6.54 Å². The van der Waals surface area contributed by atoms with Crippen molar-refractivity contribution >= 4 is 28.8 Å². The summed E-state index contributed by atoms with van der Waals surface area (Å²) in [6, 6.07) is 6.45. The number of benzene rings is 1. The lowest BCUT2D eigenvalue weighted by Crippen LogP contribution is -2.25. The van der Waals surface area contributed by atoms with Gasteiger partial charge in [-0.2, -0.15) is 0 Å². The molecule has 0 aliphatic carbocycles. The van der Waals surface area contributed by atoms with Crippen LogP contribution in [0.25, 0.3) is 0 Å². The minimum Gasteiger partial charge on any atom is -0.350 e. The Hall–Kier alpha value is -1.53. The standard InChI is InChI=1S/C11H9ClFN3OS/c12-11-16-15-10(18-11)9(17)14-6-5-7-3-1-2-4-8(7)13/h1-4H,5-6H2,(H,14,17). The van der Waals surface area contributed by atoms with Gasteiger partial charge in [-0.1, -0.05) is 29.5 Å². The summed E-state index contributed by atoms with van der Waals surface area (Å²) in [7, 11) is 0. The molecule has 4 nitrogen and oxygen atoms in total. The molecule has 7 heteroatoms. The molecule has 0 aliphatic heterocycles. The number of amides is 1. The smallest absolute Gasteiger partial charge is 0.282 e. The molecular formula is C11H9ClFN3OS. The Morgan fingerprint density at radius 2 is 2.17 bits per heavy atom. The first-order valence-electron chi connectivity index (χ1n) is 5.17. The molecule has 1 N–H and O–H groups in total. The fraction of sp³-hybridized carbons (Fsp3) is 0.182. The molecule has 94 valence electrons. The van der Waals surface area contributed by atoms with Gasteiger partial charge in [0.15, 0.2) is 0 Å². The maximum absolute atomic E-state index is 13.3. The van der Waals surface area contributed by atoms with E-state index < -0.39 is 0 Å². The van der Waals surface area contributed by atoms with Crippen molar-refractivity contribution in [2.75, 3.05) is 6.54 Å². The Balaban J connectivity index is 1.86. The minimum absolute atomic E-state index is 0.202. The number of nitrogens with one attached hydrogen (secondary N) is 1. The van der Waals surface area contributed by atoms with Crippen LogP contribution in [0.2, 0.25) is 4.47 Å². The summed E-state index contributed by atoms with van der Waals surface area (Å²) >= 11 is 6.57. The number of carbonyl (C=O) groups excluding carboxylic acids is 1. The third kappa shape index (κ3) is 3.24. The van der Waals surface area contributed by atoms with Crippen LogP contribution >= 0.6 is 22.9 Å². The number of aromatic nitrogens is 2. The molecule has 2 aromatic rings. The monoisotopic (exact) mass is 285 g/mol. The Labute approximate surface area is 112 Å². The normalized spacial score (nSPS) is 10.3. The first-order chi connectivity index (χ1) is 8.66. The van der Waals surface area contributed by atoms with Crippen LogP contribution in [-0.2, 0) is 6.42 Å². The number of rotatable bonds is 4. The summed E-state index contributed by atoms with van der Waals surface area (Å²) in [5.74, 6) is -0.624.